The van der Waals surface area contributed by atoms with Gasteiger partial charge in [0.05, 0.1) is 11.0 Å². The van der Waals surface area contributed by atoms with Gasteiger partial charge in [-0.3, -0.25) is 19.7 Å². The molecule has 1 aromatic heterocycles. The lowest BCUT2D eigenvalue weighted by atomic mass is 9.85. The van der Waals surface area contributed by atoms with E-state index in [0.717, 1.165) is 17.5 Å². The van der Waals surface area contributed by atoms with Gasteiger partial charge in [-0.05, 0) is 58.0 Å². The zero-order chi connectivity index (χ0) is 28.5. The molecule has 39 heavy (non-hydrogen) atoms. The van der Waals surface area contributed by atoms with Crippen LogP contribution < -0.4 is 0 Å². The fourth-order valence-electron chi connectivity index (χ4n) is 4.99. The number of nitro groups is 1. The molecule has 4 rings (SSSR count). The van der Waals surface area contributed by atoms with E-state index in [1.165, 1.54) is 33.5 Å². The Bertz CT molecular complexity index is 1380. The lowest BCUT2D eigenvalue weighted by Gasteiger charge is -2.38. The molecule has 7 nitrogen and oxygen atoms in total. The average molecular weight is 568 g/mol. The number of thiophene rings is 1. The molecule has 0 radical (unpaired) electrons. The van der Waals surface area contributed by atoms with Gasteiger partial charge in [0.1, 0.15) is 11.6 Å². The van der Waals surface area contributed by atoms with Gasteiger partial charge in [-0.2, -0.15) is 0 Å². The maximum absolute atomic E-state index is 13.9. The highest BCUT2D eigenvalue weighted by atomic mass is 35.5. The third kappa shape index (κ3) is 6.34. The quantitative estimate of drug-likeness (QED) is 0.230. The van der Waals surface area contributed by atoms with Gasteiger partial charge in [-0.15, -0.1) is 11.3 Å². The first-order valence-corrected chi connectivity index (χ1v) is 14.3. The molecule has 1 aliphatic heterocycles. The number of halogens is 1. The summed E-state index contributed by atoms with van der Waals surface area (Å²) in [7, 11) is 0. The van der Waals surface area contributed by atoms with Crippen LogP contribution in [0.4, 0.5) is 5.69 Å². The maximum atomic E-state index is 13.9. The third-order valence-electron chi connectivity index (χ3n) is 6.97. The molecule has 2 aromatic carbocycles. The van der Waals surface area contributed by atoms with E-state index in [2.05, 4.69) is 56.5 Å². The SMILES string of the molecule is CC(C)CN(CC(=O)N1CCc2sccc2C1c1ccc(C(C)(C)C)cc1)C(=O)c1ccc(Cl)c([N+](=O)[O-])c1. The highest BCUT2D eigenvalue weighted by molar-refractivity contribution is 7.10. The van der Waals surface area contributed by atoms with Crippen LogP contribution >= 0.6 is 22.9 Å². The van der Waals surface area contributed by atoms with E-state index in [4.69, 9.17) is 11.6 Å². The van der Waals surface area contributed by atoms with Gasteiger partial charge < -0.3 is 9.80 Å². The second-order valence-electron chi connectivity index (χ2n) is 11.4. The number of carbonyl (C=O) groups is 2. The lowest BCUT2D eigenvalue weighted by Crippen LogP contribution is -2.47. The van der Waals surface area contributed by atoms with Crippen LogP contribution in [0.15, 0.2) is 53.9 Å². The number of carbonyl (C=O) groups excluding carboxylic acids is 2. The van der Waals surface area contributed by atoms with Crippen LogP contribution in [0.2, 0.25) is 5.02 Å². The van der Waals surface area contributed by atoms with E-state index < -0.39 is 10.8 Å². The van der Waals surface area contributed by atoms with Crippen molar-refractivity contribution in [3.05, 3.63) is 96.2 Å². The Morgan fingerprint density at radius 2 is 1.85 bits per heavy atom. The summed E-state index contributed by atoms with van der Waals surface area (Å²) in [6, 6.07) is 14.3. The summed E-state index contributed by atoms with van der Waals surface area (Å²) in [4.78, 5) is 42.8. The van der Waals surface area contributed by atoms with Gasteiger partial charge in [-0.1, -0.05) is 70.5 Å². The molecule has 1 aliphatic rings. The Kier molecular flexibility index (Phi) is 8.47. The largest absolute Gasteiger partial charge is 0.330 e. The first kappa shape index (κ1) is 28.8. The molecule has 3 aromatic rings. The third-order valence-corrected chi connectivity index (χ3v) is 8.28. The standard InChI is InChI=1S/C30H34ClN3O4S/c1-19(2)17-32(29(36)21-8-11-24(31)25(16-21)34(37)38)18-27(35)33-14-12-26-23(13-15-39-26)28(33)20-6-9-22(10-7-20)30(3,4)5/h6-11,13,15-16,19,28H,12,14,17-18H2,1-5H3. The normalized spacial score (nSPS) is 15.3. The van der Waals surface area contributed by atoms with Crippen LogP contribution in [0.25, 0.3) is 0 Å². The van der Waals surface area contributed by atoms with Crippen molar-refractivity contribution in [3.8, 4) is 0 Å². The molecule has 0 spiro atoms. The summed E-state index contributed by atoms with van der Waals surface area (Å²) in [6.45, 7) is 11.2. The fourth-order valence-corrected chi connectivity index (χ4v) is 6.08. The molecular weight excluding hydrogens is 534 g/mol. The first-order chi connectivity index (χ1) is 18.4. The zero-order valence-corrected chi connectivity index (χ0v) is 24.5. The molecule has 9 heteroatoms. The van der Waals surface area contributed by atoms with Crippen molar-refractivity contribution in [2.24, 2.45) is 5.92 Å². The van der Waals surface area contributed by atoms with E-state index in [-0.39, 0.29) is 46.1 Å². The molecule has 0 saturated carbocycles. The number of hydrogen-bond acceptors (Lipinski definition) is 5. The van der Waals surface area contributed by atoms with Gasteiger partial charge in [0, 0.05) is 29.6 Å². The van der Waals surface area contributed by atoms with Crippen LogP contribution in [-0.2, 0) is 16.6 Å². The highest BCUT2D eigenvalue weighted by Gasteiger charge is 2.34. The average Bonchev–Trinajstić information content (AvgIpc) is 3.35. The molecule has 2 heterocycles. The van der Waals surface area contributed by atoms with E-state index in [0.29, 0.717) is 13.1 Å². The Balaban J connectivity index is 1.64. The number of nitrogens with zero attached hydrogens (tertiary/aromatic N) is 3. The Labute approximate surface area is 238 Å². The van der Waals surface area contributed by atoms with Crippen molar-refractivity contribution < 1.29 is 14.5 Å². The highest BCUT2D eigenvalue weighted by Crippen LogP contribution is 2.38. The van der Waals surface area contributed by atoms with Crippen molar-refractivity contribution in [3.63, 3.8) is 0 Å². The van der Waals surface area contributed by atoms with Crippen LogP contribution in [0.5, 0.6) is 0 Å². The molecule has 2 amide bonds. The van der Waals surface area contributed by atoms with Crippen LogP contribution in [0.3, 0.4) is 0 Å². The van der Waals surface area contributed by atoms with Gasteiger partial charge in [0.25, 0.3) is 11.6 Å². The minimum Gasteiger partial charge on any atom is -0.330 e. The second kappa shape index (κ2) is 11.5. The maximum Gasteiger partial charge on any atom is 0.288 e. The van der Waals surface area contributed by atoms with Gasteiger partial charge in [0.15, 0.2) is 0 Å². The summed E-state index contributed by atoms with van der Waals surface area (Å²) >= 11 is 7.67. The second-order valence-corrected chi connectivity index (χ2v) is 12.8. The van der Waals surface area contributed by atoms with Crippen LogP contribution in [-0.4, -0.2) is 46.2 Å². The number of hydrogen-bond donors (Lipinski definition) is 0. The van der Waals surface area contributed by atoms with Crippen LogP contribution in [0.1, 0.15) is 72.6 Å². The number of rotatable bonds is 7. The van der Waals surface area contributed by atoms with Gasteiger partial charge in [-0.25, -0.2) is 0 Å². The van der Waals surface area contributed by atoms with Crippen molar-refractivity contribution >= 4 is 40.4 Å². The summed E-state index contributed by atoms with van der Waals surface area (Å²) in [5.74, 6) is -0.500. The summed E-state index contributed by atoms with van der Waals surface area (Å²) in [5, 5.41) is 13.4. The molecule has 0 saturated heterocycles. The summed E-state index contributed by atoms with van der Waals surface area (Å²) in [5.41, 5.74) is 3.19. The van der Waals surface area contributed by atoms with E-state index in [9.17, 15) is 19.7 Å². The first-order valence-electron chi connectivity index (χ1n) is 13.1. The zero-order valence-electron chi connectivity index (χ0n) is 22.9. The Morgan fingerprint density at radius 3 is 2.46 bits per heavy atom. The number of amides is 2. The van der Waals surface area contributed by atoms with Gasteiger partial charge >= 0.3 is 0 Å². The molecule has 1 unspecified atom stereocenters. The van der Waals surface area contributed by atoms with Crippen molar-refractivity contribution in [2.75, 3.05) is 19.6 Å². The number of fused-ring (bicyclic) bond motifs is 1. The molecule has 0 N–H and O–H groups in total. The van der Waals surface area contributed by atoms with Crippen molar-refractivity contribution in [2.45, 2.75) is 52.5 Å². The minimum absolute atomic E-state index is 0.0165. The number of nitro benzene ring substituents is 1. The molecule has 0 bridgehead atoms. The molecule has 1 atom stereocenters. The van der Waals surface area contributed by atoms with Crippen molar-refractivity contribution in [1.29, 1.82) is 0 Å². The predicted molar refractivity (Wildman–Crippen MR) is 156 cm³/mol. The monoisotopic (exact) mass is 567 g/mol. The molecular formula is C30H34ClN3O4S. The lowest BCUT2D eigenvalue weighted by molar-refractivity contribution is -0.384. The molecule has 0 aliphatic carbocycles. The van der Waals surface area contributed by atoms with Crippen molar-refractivity contribution in [1.82, 2.24) is 9.80 Å². The van der Waals surface area contributed by atoms with E-state index in [1.807, 2.05) is 18.7 Å². The smallest absolute Gasteiger partial charge is 0.288 e. The number of benzene rings is 2. The molecule has 206 valence electrons. The Hall–Kier alpha value is -3.23. The summed E-state index contributed by atoms with van der Waals surface area (Å²) < 4.78 is 0. The van der Waals surface area contributed by atoms with E-state index in [1.54, 1.807) is 11.3 Å². The summed E-state index contributed by atoms with van der Waals surface area (Å²) in [6.07, 6.45) is 0.761. The topological polar surface area (TPSA) is 83.8 Å². The fraction of sp³-hybridized carbons (Fsp3) is 0.400. The minimum atomic E-state index is -0.612. The molecule has 0 fully saturated rings. The predicted octanol–water partition coefficient (Wildman–Crippen LogP) is 6.88. The van der Waals surface area contributed by atoms with Gasteiger partial charge in [0.2, 0.25) is 5.91 Å². The van der Waals surface area contributed by atoms with Crippen LogP contribution in [0, 0.1) is 16.0 Å². The Morgan fingerprint density at radius 1 is 1.15 bits per heavy atom. The van der Waals surface area contributed by atoms with E-state index >= 15 is 0 Å².